The van der Waals surface area contributed by atoms with Crippen LogP contribution in [0.2, 0.25) is 5.15 Å². The Morgan fingerprint density at radius 3 is 2.71 bits per heavy atom. The van der Waals surface area contributed by atoms with E-state index in [4.69, 9.17) is 11.6 Å². The number of aromatic nitrogens is 2. The summed E-state index contributed by atoms with van der Waals surface area (Å²) in [5, 5.41) is 3.08. The van der Waals surface area contributed by atoms with Gasteiger partial charge in [-0.2, -0.15) is 0 Å². The highest BCUT2D eigenvalue weighted by molar-refractivity contribution is 6.29. The number of rotatable bonds is 2. The van der Waals surface area contributed by atoms with Gasteiger partial charge in [-0.05, 0) is 31.2 Å². The highest BCUT2D eigenvalue weighted by Crippen LogP contribution is 2.13. The maximum absolute atomic E-state index is 11.9. The monoisotopic (exact) mass is 247 g/mol. The van der Waals surface area contributed by atoms with Crippen LogP contribution in [0.3, 0.4) is 0 Å². The van der Waals surface area contributed by atoms with Crippen LogP contribution in [0.1, 0.15) is 16.1 Å². The lowest BCUT2D eigenvalue weighted by atomic mass is 10.2. The Labute approximate surface area is 104 Å². The van der Waals surface area contributed by atoms with Crippen molar-refractivity contribution >= 4 is 23.2 Å². The SMILES string of the molecule is Cc1cc(C(=O)Nc2ccnc(Cl)c2)ccn1. The Kier molecular flexibility index (Phi) is 3.35. The molecule has 0 aliphatic heterocycles. The Bertz CT molecular complexity index is 557. The molecule has 0 saturated carbocycles. The first-order valence-electron chi connectivity index (χ1n) is 5.01. The van der Waals surface area contributed by atoms with Gasteiger partial charge in [0.1, 0.15) is 5.15 Å². The predicted molar refractivity (Wildman–Crippen MR) is 66.2 cm³/mol. The summed E-state index contributed by atoms with van der Waals surface area (Å²) in [4.78, 5) is 19.7. The van der Waals surface area contributed by atoms with E-state index in [9.17, 15) is 4.79 Å². The quantitative estimate of drug-likeness (QED) is 0.830. The van der Waals surface area contributed by atoms with Gasteiger partial charge in [0.2, 0.25) is 0 Å². The number of halogens is 1. The van der Waals surface area contributed by atoms with Gasteiger partial charge >= 0.3 is 0 Å². The van der Waals surface area contributed by atoms with Gasteiger partial charge in [-0.1, -0.05) is 11.6 Å². The number of nitrogens with one attached hydrogen (secondary N) is 1. The Hall–Kier alpha value is -1.94. The minimum absolute atomic E-state index is 0.197. The summed E-state index contributed by atoms with van der Waals surface area (Å²) in [7, 11) is 0. The van der Waals surface area contributed by atoms with Gasteiger partial charge in [0.15, 0.2) is 0 Å². The summed E-state index contributed by atoms with van der Waals surface area (Å²) in [5.41, 5.74) is 1.97. The molecule has 1 N–H and O–H groups in total. The standard InChI is InChI=1S/C12H10ClN3O/c1-8-6-9(2-4-14-8)12(17)16-10-3-5-15-11(13)7-10/h2-7H,1H3,(H,15,16,17). The molecule has 2 heterocycles. The second-order valence-electron chi connectivity index (χ2n) is 3.51. The number of hydrogen-bond acceptors (Lipinski definition) is 3. The molecule has 5 heteroatoms. The summed E-state index contributed by atoms with van der Waals surface area (Å²) in [5.74, 6) is -0.197. The van der Waals surface area contributed by atoms with E-state index in [1.54, 1.807) is 30.5 Å². The van der Waals surface area contributed by atoms with E-state index in [-0.39, 0.29) is 5.91 Å². The average Bonchev–Trinajstić information content (AvgIpc) is 2.29. The van der Waals surface area contributed by atoms with E-state index < -0.39 is 0 Å². The highest BCUT2D eigenvalue weighted by atomic mass is 35.5. The van der Waals surface area contributed by atoms with Crippen LogP contribution in [0.15, 0.2) is 36.7 Å². The Balaban J connectivity index is 2.17. The largest absolute Gasteiger partial charge is 0.322 e. The van der Waals surface area contributed by atoms with Gasteiger partial charge in [0.05, 0.1) is 0 Å². The summed E-state index contributed by atoms with van der Waals surface area (Å²) in [6.07, 6.45) is 3.14. The van der Waals surface area contributed by atoms with E-state index in [0.717, 1.165) is 5.69 Å². The smallest absolute Gasteiger partial charge is 0.255 e. The van der Waals surface area contributed by atoms with Crippen molar-refractivity contribution < 1.29 is 4.79 Å². The molecule has 2 aromatic heterocycles. The highest BCUT2D eigenvalue weighted by Gasteiger charge is 2.06. The lowest BCUT2D eigenvalue weighted by Gasteiger charge is -2.05. The number of nitrogens with zero attached hydrogens (tertiary/aromatic N) is 2. The molecule has 0 bridgehead atoms. The predicted octanol–water partition coefficient (Wildman–Crippen LogP) is 2.69. The second kappa shape index (κ2) is 4.93. The molecule has 0 fully saturated rings. The summed E-state index contributed by atoms with van der Waals surface area (Å²) in [6, 6.07) is 6.65. The van der Waals surface area contributed by atoms with Crippen molar-refractivity contribution in [2.24, 2.45) is 0 Å². The van der Waals surface area contributed by atoms with Crippen LogP contribution in [0.5, 0.6) is 0 Å². The van der Waals surface area contributed by atoms with E-state index in [1.807, 2.05) is 6.92 Å². The van der Waals surface area contributed by atoms with Crippen LogP contribution < -0.4 is 5.32 Å². The molecule has 0 aliphatic rings. The maximum Gasteiger partial charge on any atom is 0.255 e. The summed E-state index contributed by atoms with van der Waals surface area (Å²) in [6.45, 7) is 1.83. The third kappa shape index (κ3) is 3.01. The van der Waals surface area contributed by atoms with Crippen LogP contribution in [0.25, 0.3) is 0 Å². The Morgan fingerprint density at radius 1 is 1.24 bits per heavy atom. The topological polar surface area (TPSA) is 54.9 Å². The molecule has 2 aromatic rings. The first-order valence-corrected chi connectivity index (χ1v) is 5.38. The van der Waals surface area contributed by atoms with E-state index in [0.29, 0.717) is 16.4 Å². The van der Waals surface area contributed by atoms with Crippen LogP contribution in [0, 0.1) is 6.92 Å². The van der Waals surface area contributed by atoms with Gasteiger partial charge in [-0.3, -0.25) is 9.78 Å². The van der Waals surface area contributed by atoms with Crippen molar-refractivity contribution in [1.29, 1.82) is 0 Å². The van der Waals surface area contributed by atoms with Crippen LogP contribution in [-0.2, 0) is 0 Å². The zero-order chi connectivity index (χ0) is 12.3. The molecule has 0 aliphatic carbocycles. The molecule has 2 rings (SSSR count). The zero-order valence-corrected chi connectivity index (χ0v) is 9.90. The van der Waals surface area contributed by atoms with Gasteiger partial charge in [-0.25, -0.2) is 4.98 Å². The molecule has 17 heavy (non-hydrogen) atoms. The van der Waals surface area contributed by atoms with Gasteiger partial charge in [0, 0.05) is 29.3 Å². The number of aryl methyl sites for hydroxylation is 1. The van der Waals surface area contributed by atoms with Crippen LogP contribution in [0.4, 0.5) is 5.69 Å². The Morgan fingerprint density at radius 2 is 2.00 bits per heavy atom. The van der Waals surface area contributed by atoms with Gasteiger partial charge in [0.25, 0.3) is 5.91 Å². The number of pyridine rings is 2. The van der Waals surface area contributed by atoms with Gasteiger partial charge < -0.3 is 5.32 Å². The van der Waals surface area contributed by atoms with Gasteiger partial charge in [-0.15, -0.1) is 0 Å². The molecule has 0 atom stereocenters. The fraction of sp³-hybridized carbons (Fsp3) is 0.0833. The number of carbonyl (C=O) groups is 1. The molecule has 0 radical (unpaired) electrons. The number of anilines is 1. The molecule has 0 saturated heterocycles. The van der Waals surface area contributed by atoms with E-state index in [1.165, 1.54) is 6.20 Å². The lowest BCUT2D eigenvalue weighted by Crippen LogP contribution is -2.12. The van der Waals surface area contributed by atoms with Crippen LogP contribution >= 0.6 is 11.6 Å². The third-order valence-electron chi connectivity index (χ3n) is 2.14. The summed E-state index contributed by atoms with van der Waals surface area (Å²) < 4.78 is 0. The van der Waals surface area contributed by atoms with E-state index >= 15 is 0 Å². The normalized spacial score (nSPS) is 10.0. The fourth-order valence-electron chi connectivity index (χ4n) is 1.37. The number of carbonyl (C=O) groups excluding carboxylic acids is 1. The van der Waals surface area contributed by atoms with Crippen molar-refractivity contribution in [2.75, 3.05) is 5.32 Å². The molecule has 1 amide bonds. The van der Waals surface area contributed by atoms with Crippen molar-refractivity contribution in [3.63, 3.8) is 0 Å². The molecule has 86 valence electrons. The van der Waals surface area contributed by atoms with Crippen LogP contribution in [-0.4, -0.2) is 15.9 Å². The minimum Gasteiger partial charge on any atom is -0.322 e. The van der Waals surface area contributed by atoms with Crippen molar-refractivity contribution in [1.82, 2.24) is 9.97 Å². The molecular formula is C12H10ClN3O. The molecular weight excluding hydrogens is 238 g/mol. The van der Waals surface area contributed by atoms with Crippen molar-refractivity contribution in [3.05, 3.63) is 53.1 Å². The fourth-order valence-corrected chi connectivity index (χ4v) is 1.54. The summed E-state index contributed by atoms with van der Waals surface area (Å²) >= 11 is 5.73. The number of hydrogen-bond donors (Lipinski definition) is 1. The molecule has 4 nitrogen and oxygen atoms in total. The van der Waals surface area contributed by atoms with Crippen molar-refractivity contribution in [3.8, 4) is 0 Å². The molecule has 0 spiro atoms. The minimum atomic E-state index is -0.197. The molecule has 0 aromatic carbocycles. The van der Waals surface area contributed by atoms with E-state index in [2.05, 4.69) is 15.3 Å². The zero-order valence-electron chi connectivity index (χ0n) is 9.14. The second-order valence-corrected chi connectivity index (χ2v) is 3.89. The first-order chi connectivity index (χ1) is 8.15. The molecule has 0 unspecified atom stereocenters. The number of amides is 1. The maximum atomic E-state index is 11.9. The lowest BCUT2D eigenvalue weighted by molar-refractivity contribution is 0.102. The van der Waals surface area contributed by atoms with Crippen molar-refractivity contribution in [2.45, 2.75) is 6.92 Å². The average molecular weight is 248 g/mol. The third-order valence-corrected chi connectivity index (χ3v) is 2.35. The first kappa shape index (κ1) is 11.5.